The van der Waals surface area contributed by atoms with Crippen LogP contribution < -0.4 is 29.6 Å². The van der Waals surface area contributed by atoms with Gasteiger partial charge < -0.3 is 4.55 Å². The fourth-order valence-corrected chi connectivity index (χ4v) is 1.50. The average Bonchev–Trinajstić information content (AvgIpc) is 2.16. The smallest absolute Gasteiger partial charge is 0.748 e. The van der Waals surface area contributed by atoms with Crippen LogP contribution in [0.2, 0.25) is 0 Å². The molecule has 0 atom stereocenters. The van der Waals surface area contributed by atoms with Crippen LogP contribution in [-0.2, 0) is 23.0 Å². The van der Waals surface area contributed by atoms with Gasteiger partial charge in [0.15, 0.2) is 0 Å². The molecule has 1 aromatic rings. The Balaban J connectivity index is 0. The summed E-state index contributed by atoms with van der Waals surface area (Å²) in [5.41, 5.74) is 4.46. The Bertz CT molecular complexity index is 397. The van der Waals surface area contributed by atoms with Crippen LogP contribution in [0.5, 0.6) is 0 Å². The van der Waals surface area contributed by atoms with E-state index >= 15 is 0 Å². The minimum absolute atomic E-state index is 0. The van der Waals surface area contributed by atoms with Gasteiger partial charge >= 0.3 is 29.6 Å². The van der Waals surface area contributed by atoms with Crippen LogP contribution in [0.15, 0.2) is 18.2 Å². The molecule has 0 N–H and O–H groups in total. The topological polar surface area (TPSA) is 57.2 Å². The maximum absolute atomic E-state index is 9.08. The summed E-state index contributed by atoms with van der Waals surface area (Å²) in [7, 11) is -3.92. The summed E-state index contributed by atoms with van der Waals surface area (Å²) in [5, 5.41) is 0. The van der Waals surface area contributed by atoms with Crippen LogP contribution in [0, 0.1) is 6.92 Å². The quantitative estimate of drug-likeness (QED) is 0.524. The van der Waals surface area contributed by atoms with Crippen LogP contribution in [0.1, 0.15) is 30.5 Å². The molecule has 17 heavy (non-hydrogen) atoms. The van der Waals surface area contributed by atoms with Crippen molar-refractivity contribution in [2.24, 2.45) is 0 Å². The predicted octanol–water partition coefficient (Wildman–Crippen LogP) is -0.715. The van der Waals surface area contributed by atoms with Gasteiger partial charge in [0.1, 0.15) is 0 Å². The maximum Gasteiger partial charge on any atom is 1.00 e. The molecule has 1 aromatic carbocycles. The van der Waals surface area contributed by atoms with E-state index in [-0.39, 0.29) is 29.6 Å². The summed E-state index contributed by atoms with van der Waals surface area (Å²) in [4.78, 5) is 0. The molecule has 0 saturated heterocycles. The van der Waals surface area contributed by atoms with E-state index in [0.717, 1.165) is 12.8 Å². The largest absolute Gasteiger partial charge is 1.00 e. The van der Waals surface area contributed by atoms with E-state index < -0.39 is 10.1 Å². The summed E-state index contributed by atoms with van der Waals surface area (Å²) in [6.07, 6.45) is 2.91. The summed E-state index contributed by atoms with van der Waals surface area (Å²) in [6.45, 7) is 6.64. The molecule has 0 aromatic heterocycles. The Morgan fingerprint density at radius 2 is 1.41 bits per heavy atom. The third-order valence-corrected chi connectivity index (χ3v) is 2.32. The van der Waals surface area contributed by atoms with Gasteiger partial charge in [0.05, 0.1) is 10.1 Å². The Morgan fingerprint density at radius 1 is 1.12 bits per heavy atom. The van der Waals surface area contributed by atoms with Crippen molar-refractivity contribution in [1.82, 2.24) is 0 Å². The molecule has 0 aliphatic rings. The Labute approximate surface area is 127 Å². The molecule has 0 fully saturated rings. The first kappa shape index (κ1) is 19.5. The molecule has 0 radical (unpaired) electrons. The number of hydrogen-bond donors (Lipinski definition) is 0. The molecule has 0 heterocycles. The molecule has 0 saturated carbocycles. The first-order valence-corrected chi connectivity index (χ1v) is 7.09. The van der Waals surface area contributed by atoms with E-state index in [1.807, 2.05) is 0 Å². The van der Waals surface area contributed by atoms with E-state index in [2.05, 4.69) is 39.0 Å². The van der Waals surface area contributed by atoms with E-state index in [1.54, 1.807) is 0 Å². The van der Waals surface area contributed by atoms with E-state index in [9.17, 15) is 0 Å². The molecule has 0 bridgehead atoms. The van der Waals surface area contributed by atoms with Crippen LogP contribution in [0.25, 0.3) is 0 Å². The summed E-state index contributed by atoms with van der Waals surface area (Å²) in [6, 6.07) is 6.59. The van der Waals surface area contributed by atoms with Crippen LogP contribution in [0.4, 0.5) is 0 Å². The number of aryl methyl sites for hydroxylation is 2. The van der Waals surface area contributed by atoms with E-state index in [1.165, 1.54) is 16.7 Å². The fourth-order valence-electron chi connectivity index (χ4n) is 1.50. The third-order valence-electron chi connectivity index (χ3n) is 2.32. The molecule has 0 spiro atoms. The number of rotatable bonds is 2. The van der Waals surface area contributed by atoms with Gasteiger partial charge in [0.2, 0.25) is 0 Å². The zero-order valence-electron chi connectivity index (χ0n) is 11.3. The SMILES string of the molecule is CCc1cccc(CC)c1C.CS(=O)(=O)[O-].[Na+]. The van der Waals surface area contributed by atoms with Crippen molar-refractivity contribution < 1.29 is 42.5 Å². The van der Waals surface area contributed by atoms with Crippen molar-refractivity contribution >= 4 is 10.1 Å². The molecule has 0 unspecified atom stereocenters. The molecular weight excluding hydrogens is 247 g/mol. The molecule has 3 nitrogen and oxygen atoms in total. The van der Waals surface area contributed by atoms with Gasteiger partial charge in [-0.15, -0.1) is 0 Å². The fraction of sp³-hybridized carbons (Fsp3) is 0.500. The van der Waals surface area contributed by atoms with Gasteiger partial charge in [-0.05, 0) is 36.5 Å². The molecule has 92 valence electrons. The number of benzene rings is 1. The monoisotopic (exact) mass is 266 g/mol. The van der Waals surface area contributed by atoms with Gasteiger partial charge in [-0.1, -0.05) is 32.0 Å². The standard InChI is InChI=1S/C11H16.CH4O3S.Na/c1-4-10-7-6-8-11(5-2)9(10)3;1-5(2,3)4;/h6-8H,4-5H2,1-3H3;1H3,(H,2,3,4);/q;;+1/p-1. The van der Waals surface area contributed by atoms with Crippen molar-refractivity contribution in [3.8, 4) is 0 Å². The normalized spacial score (nSPS) is 9.94. The molecule has 0 amide bonds. The third kappa shape index (κ3) is 9.80. The summed E-state index contributed by atoms with van der Waals surface area (Å²) >= 11 is 0. The van der Waals surface area contributed by atoms with Crippen molar-refractivity contribution in [2.45, 2.75) is 33.6 Å². The maximum atomic E-state index is 9.08. The Morgan fingerprint density at radius 3 is 1.65 bits per heavy atom. The summed E-state index contributed by atoms with van der Waals surface area (Å²) < 4.78 is 27.2. The minimum atomic E-state index is -3.92. The zero-order valence-corrected chi connectivity index (χ0v) is 14.1. The van der Waals surface area contributed by atoms with Crippen molar-refractivity contribution in [3.05, 3.63) is 34.9 Å². The molecule has 1 rings (SSSR count). The van der Waals surface area contributed by atoms with Crippen molar-refractivity contribution in [3.63, 3.8) is 0 Å². The molecule has 0 aliphatic heterocycles. The van der Waals surface area contributed by atoms with Crippen LogP contribution >= 0.6 is 0 Å². The first-order valence-electron chi connectivity index (χ1n) is 5.27. The second-order valence-corrected chi connectivity index (χ2v) is 5.02. The van der Waals surface area contributed by atoms with Crippen molar-refractivity contribution in [1.29, 1.82) is 0 Å². The van der Waals surface area contributed by atoms with E-state index in [4.69, 9.17) is 13.0 Å². The Hall–Kier alpha value is 0.130. The zero-order chi connectivity index (χ0) is 12.8. The molecule has 0 aliphatic carbocycles. The summed E-state index contributed by atoms with van der Waals surface area (Å²) in [5.74, 6) is 0. The van der Waals surface area contributed by atoms with Crippen LogP contribution in [-0.4, -0.2) is 19.2 Å². The van der Waals surface area contributed by atoms with Gasteiger partial charge in [0, 0.05) is 6.26 Å². The predicted molar refractivity (Wildman–Crippen MR) is 65.6 cm³/mol. The molecule has 5 heteroatoms. The van der Waals surface area contributed by atoms with Crippen molar-refractivity contribution in [2.75, 3.05) is 6.26 Å². The van der Waals surface area contributed by atoms with Gasteiger partial charge in [-0.3, -0.25) is 0 Å². The van der Waals surface area contributed by atoms with Gasteiger partial charge in [-0.2, -0.15) is 0 Å². The van der Waals surface area contributed by atoms with Crippen LogP contribution in [0.3, 0.4) is 0 Å². The second kappa shape index (κ2) is 9.11. The molecular formula is C12H19NaO3S. The minimum Gasteiger partial charge on any atom is -0.748 e. The van der Waals surface area contributed by atoms with Gasteiger partial charge in [0.25, 0.3) is 0 Å². The average molecular weight is 266 g/mol. The van der Waals surface area contributed by atoms with Gasteiger partial charge in [-0.25, -0.2) is 8.42 Å². The second-order valence-electron chi connectivity index (χ2n) is 3.61. The first-order chi connectivity index (χ1) is 7.29. The number of hydrogen-bond acceptors (Lipinski definition) is 3. The van der Waals surface area contributed by atoms with E-state index in [0.29, 0.717) is 6.26 Å². The Kier molecular flexibility index (Phi) is 10.4.